The molecule has 2 aromatic rings. The lowest BCUT2D eigenvalue weighted by atomic mass is 10.2. The third-order valence-corrected chi connectivity index (χ3v) is 3.49. The number of hydrogen-bond acceptors (Lipinski definition) is 5. The number of carbonyl (C=O) groups excluding carboxylic acids is 1. The molecule has 0 aliphatic rings. The van der Waals surface area contributed by atoms with Gasteiger partial charge in [0, 0.05) is 31.5 Å². The van der Waals surface area contributed by atoms with Crippen LogP contribution in [0.1, 0.15) is 16.1 Å². The maximum atomic E-state index is 12.1. The smallest absolute Gasteiger partial charge is 0.269 e. The number of benzene rings is 1. The van der Waals surface area contributed by atoms with Gasteiger partial charge in [-0.3, -0.25) is 9.78 Å². The first-order valence-electron chi connectivity index (χ1n) is 7.84. The summed E-state index contributed by atoms with van der Waals surface area (Å²) in [7, 11) is 5.58. The zero-order chi connectivity index (χ0) is 17.4. The molecule has 0 saturated carbocycles. The van der Waals surface area contributed by atoms with Gasteiger partial charge in [-0.15, -0.1) is 0 Å². The number of likely N-dealkylation sites (N-methyl/N-ethyl adjacent to an activating group) is 1. The Hall–Kier alpha value is -2.60. The monoisotopic (exact) mass is 328 g/mol. The maximum Gasteiger partial charge on any atom is 0.269 e. The fraction of sp³-hybridized carbons (Fsp3) is 0.333. The topological polar surface area (TPSA) is 66.5 Å². The van der Waals surface area contributed by atoms with Gasteiger partial charge in [-0.2, -0.15) is 0 Å². The standard InChI is InChI=1S/C18H24N4O2/c1-22(2)11-10-20-18(23)17-12-15(8-9-19-17)21-13-14-4-6-16(24-3)7-5-14/h4-9,12H,10-11,13H2,1-3H3,(H,19,21)(H,20,23). The maximum absolute atomic E-state index is 12.1. The Morgan fingerprint density at radius 3 is 2.62 bits per heavy atom. The Kier molecular flexibility index (Phi) is 6.57. The minimum absolute atomic E-state index is 0.162. The summed E-state index contributed by atoms with van der Waals surface area (Å²) >= 11 is 0. The average molecular weight is 328 g/mol. The molecule has 0 unspecified atom stereocenters. The molecule has 2 N–H and O–H groups in total. The Morgan fingerprint density at radius 1 is 1.21 bits per heavy atom. The van der Waals surface area contributed by atoms with Gasteiger partial charge < -0.3 is 20.3 Å². The molecule has 0 radical (unpaired) electrons. The van der Waals surface area contributed by atoms with Crippen molar-refractivity contribution in [3.8, 4) is 5.75 Å². The summed E-state index contributed by atoms with van der Waals surface area (Å²) in [5.74, 6) is 0.671. The van der Waals surface area contributed by atoms with Crippen molar-refractivity contribution >= 4 is 11.6 Å². The number of amides is 1. The molecule has 128 valence electrons. The van der Waals surface area contributed by atoms with Gasteiger partial charge in [0.15, 0.2) is 0 Å². The molecular weight excluding hydrogens is 304 g/mol. The Bertz CT molecular complexity index is 656. The van der Waals surface area contributed by atoms with Crippen LogP contribution in [0.5, 0.6) is 5.75 Å². The van der Waals surface area contributed by atoms with E-state index < -0.39 is 0 Å². The number of hydrogen-bond donors (Lipinski definition) is 2. The summed E-state index contributed by atoms with van der Waals surface area (Å²) < 4.78 is 5.14. The number of nitrogens with one attached hydrogen (secondary N) is 2. The lowest BCUT2D eigenvalue weighted by Crippen LogP contribution is -2.31. The van der Waals surface area contributed by atoms with Crippen LogP contribution >= 0.6 is 0 Å². The highest BCUT2D eigenvalue weighted by Crippen LogP contribution is 2.14. The van der Waals surface area contributed by atoms with Gasteiger partial charge in [0.2, 0.25) is 0 Å². The predicted molar refractivity (Wildman–Crippen MR) is 95.4 cm³/mol. The van der Waals surface area contributed by atoms with Gasteiger partial charge in [0.25, 0.3) is 5.91 Å². The van der Waals surface area contributed by atoms with Crippen LogP contribution < -0.4 is 15.4 Å². The van der Waals surface area contributed by atoms with Crippen LogP contribution in [0.2, 0.25) is 0 Å². The predicted octanol–water partition coefficient (Wildman–Crippen LogP) is 1.99. The lowest BCUT2D eigenvalue weighted by Gasteiger charge is -2.11. The quantitative estimate of drug-likeness (QED) is 0.776. The van der Waals surface area contributed by atoms with Gasteiger partial charge >= 0.3 is 0 Å². The normalized spacial score (nSPS) is 10.5. The molecule has 0 atom stereocenters. The highest BCUT2D eigenvalue weighted by atomic mass is 16.5. The van der Waals surface area contributed by atoms with Crippen LogP contribution in [0.4, 0.5) is 5.69 Å². The van der Waals surface area contributed by atoms with Crippen LogP contribution in [0.25, 0.3) is 0 Å². The van der Waals surface area contributed by atoms with Gasteiger partial charge in [-0.05, 0) is 43.9 Å². The summed E-state index contributed by atoms with van der Waals surface area (Å²) in [6.07, 6.45) is 1.64. The molecule has 6 nitrogen and oxygen atoms in total. The van der Waals surface area contributed by atoms with Crippen LogP contribution in [-0.4, -0.2) is 50.1 Å². The molecule has 0 saturated heterocycles. The number of carbonyl (C=O) groups is 1. The molecule has 0 spiro atoms. The van der Waals surface area contributed by atoms with Crippen LogP contribution in [0, 0.1) is 0 Å². The minimum atomic E-state index is -0.162. The summed E-state index contributed by atoms with van der Waals surface area (Å²) in [5.41, 5.74) is 2.40. The molecule has 0 fully saturated rings. The second kappa shape index (κ2) is 8.88. The fourth-order valence-corrected chi connectivity index (χ4v) is 2.10. The van der Waals surface area contributed by atoms with Crippen molar-refractivity contribution in [2.75, 3.05) is 39.6 Å². The Labute approximate surface area is 142 Å². The van der Waals surface area contributed by atoms with Crippen molar-refractivity contribution in [1.29, 1.82) is 0 Å². The summed E-state index contributed by atoms with van der Waals surface area (Å²) in [4.78, 5) is 18.2. The third kappa shape index (κ3) is 5.55. The zero-order valence-corrected chi connectivity index (χ0v) is 14.4. The molecule has 1 aromatic carbocycles. The van der Waals surface area contributed by atoms with E-state index in [-0.39, 0.29) is 5.91 Å². The van der Waals surface area contributed by atoms with Crippen molar-refractivity contribution in [3.63, 3.8) is 0 Å². The second-order valence-corrected chi connectivity index (χ2v) is 5.69. The first-order valence-corrected chi connectivity index (χ1v) is 7.84. The minimum Gasteiger partial charge on any atom is -0.497 e. The molecule has 0 aliphatic heterocycles. The Morgan fingerprint density at radius 2 is 1.96 bits per heavy atom. The van der Waals surface area contributed by atoms with E-state index in [1.807, 2.05) is 49.3 Å². The molecule has 6 heteroatoms. The van der Waals surface area contributed by atoms with E-state index in [2.05, 4.69) is 15.6 Å². The first kappa shape index (κ1) is 17.7. The highest BCUT2D eigenvalue weighted by molar-refractivity contribution is 5.93. The molecule has 0 bridgehead atoms. The summed E-state index contributed by atoms with van der Waals surface area (Å²) in [6, 6.07) is 11.5. The summed E-state index contributed by atoms with van der Waals surface area (Å²) in [6.45, 7) is 2.05. The van der Waals surface area contributed by atoms with Crippen molar-refractivity contribution in [1.82, 2.24) is 15.2 Å². The number of anilines is 1. The molecule has 1 aromatic heterocycles. The number of nitrogens with zero attached hydrogens (tertiary/aromatic N) is 2. The second-order valence-electron chi connectivity index (χ2n) is 5.69. The molecule has 0 aliphatic carbocycles. The number of rotatable bonds is 8. The number of aromatic nitrogens is 1. The van der Waals surface area contributed by atoms with Crippen LogP contribution in [0.15, 0.2) is 42.6 Å². The molecule has 2 rings (SSSR count). The van der Waals surface area contributed by atoms with Gasteiger partial charge in [-0.1, -0.05) is 12.1 Å². The van der Waals surface area contributed by atoms with E-state index >= 15 is 0 Å². The van der Waals surface area contributed by atoms with Crippen molar-refractivity contribution in [2.45, 2.75) is 6.54 Å². The third-order valence-electron chi connectivity index (χ3n) is 3.49. The van der Waals surface area contributed by atoms with E-state index in [1.54, 1.807) is 19.4 Å². The van der Waals surface area contributed by atoms with Crippen molar-refractivity contribution < 1.29 is 9.53 Å². The molecular formula is C18H24N4O2. The van der Waals surface area contributed by atoms with E-state index in [9.17, 15) is 4.79 Å². The van der Waals surface area contributed by atoms with Crippen LogP contribution in [0.3, 0.4) is 0 Å². The number of methoxy groups -OCH3 is 1. The van der Waals surface area contributed by atoms with E-state index in [0.717, 1.165) is 23.5 Å². The van der Waals surface area contributed by atoms with E-state index in [1.165, 1.54) is 0 Å². The van der Waals surface area contributed by atoms with Crippen molar-refractivity contribution in [3.05, 3.63) is 53.9 Å². The lowest BCUT2D eigenvalue weighted by molar-refractivity contribution is 0.0946. The molecule has 24 heavy (non-hydrogen) atoms. The van der Waals surface area contributed by atoms with Crippen LogP contribution in [-0.2, 0) is 6.54 Å². The number of pyridine rings is 1. The SMILES string of the molecule is COc1ccc(CNc2ccnc(C(=O)NCCN(C)C)c2)cc1. The largest absolute Gasteiger partial charge is 0.497 e. The first-order chi connectivity index (χ1) is 11.6. The molecule has 1 heterocycles. The van der Waals surface area contributed by atoms with E-state index in [4.69, 9.17) is 4.74 Å². The van der Waals surface area contributed by atoms with Gasteiger partial charge in [0.05, 0.1) is 7.11 Å². The Balaban J connectivity index is 1.90. The average Bonchev–Trinajstić information content (AvgIpc) is 2.60. The zero-order valence-electron chi connectivity index (χ0n) is 14.4. The highest BCUT2D eigenvalue weighted by Gasteiger charge is 2.07. The fourth-order valence-electron chi connectivity index (χ4n) is 2.10. The summed E-state index contributed by atoms with van der Waals surface area (Å²) in [5, 5.41) is 6.16. The molecule has 1 amide bonds. The van der Waals surface area contributed by atoms with Crippen molar-refractivity contribution in [2.24, 2.45) is 0 Å². The number of ether oxygens (including phenoxy) is 1. The van der Waals surface area contributed by atoms with Gasteiger partial charge in [0.1, 0.15) is 11.4 Å². The van der Waals surface area contributed by atoms with E-state index in [0.29, 0.717) is 18.8 Å². The van der Waals surface area contributed by atoms with Gasteiger partial charge in [-0.25, -0.2) is 0 Å².